The van der Waals surface area contributed by atoms with Crippen LogP contribution in [0.2, 0.25) is 0 Å². The molecule has 0 spiro atoms. The molecule has 2 aromatic carbocycles. The van der Waals surface area contributed by atoms with Gasteiger partial charge in [0.05, 0.1) is 7.11 Å². The lowest BCUT2D eigenvalue weighted by molar-refractivity contribution is 0.222. The van der Waals surface area contributed by atoms with Gasteiger partial charge in [-0.25, -0.2) is 0 Å². The monoisotopic (exact) mass is 238 g/mol. The van der Waals surface area contributed by atoms with E-state index in [-0.39, 0.29) is 6.10 Å². The highest BCUT2D eigenvalue weighted by Gasteiger charge is 2.41. The molecule has 0 N–H and O–H groups in total. The summed E-state index contributed by atoms with van der Waals surface area (Å²) in [6.07, 6.45) is 1.27. The summed E-state index contributed by atoms with van der Waals surface area (Å²) in [5, 5.41) is 0. The Morgan fingerprint density at radius 3 is 2.89 bits per heavy atom. The minimum absolute atomic E-state index is 0.198. The van der Waals surface area contributed by atoms with E-state index in [1.54, 1.807) is 7.11 Å². The average molecular weight is 238 g/mol. The standard InChI is InChI=1S/C16H14O2/c1-17-11-6-7-15-13(9-11)14-8-10-4-2-3-5-12(10)16(14)18-15/h2-7,9,14,16H,8H2,1H3. The molecule has 0 aromatic heterocycles. The molecule has 0 bridgehead atoms. The fraction of sp³-hybridized carbons (Fsp3) is 0.250. The zero-order chi connectivity index (χ0) is 12.1. The Morgan fingerprint density at radius 1 is 1.11 bits per heavy atom. The lowest BCUT2D eigenvalue weighted by atomic mass is 9.96. The van der Waals surface area contributed by atoms with Crippen LogP contribution < -0.4 is 9.47 Å². The zero-order valence-electron chi connectivity index (χ0n) is 10.2. The molecule has 1 aliphatic carbocycles. The third kappa shape index (κ3) is 1.23. The van der Waals surface area contributed by atoms with Crippen molar-refractivity contribution in [2.24, 2.45) is 0 Å². The van der Waals surface area contributed by atoms with E-state index >= 15 is 0 Å². The first-order valence-electron chi connectivity index (χ1n) is 6.29. The van der Waals surface area contributed by atoms with E-state index in [0.29, 0.717) is 5.92 Å². The topological polar surface area (TPSA) is 18.5 Å². The molecule has 0 saturated heterocycles. The molecule has 0 amide bonds. The van der Waals surface area contributed by atoms with E-state index < -0.39 is 0 Å². The van der Waals surface area contributed by atoms with Crippen molar-refractivity contribution >= 4 is 0 Å². The van der Waals surface area contributed by atoms with Gasteiger partial charge in [-0.15, -0.1) is 0 Å². The molecular weight excluding hydrogens is 224 g/mol. The van der Waals surface area contributed by atoms with Crippen LogP contribution >= 0.6 is 0 Å². The Balaban J connectivity index is 1.81. The summed E-state index contributed by atoms with van der Waals surface area (Å²) in [5.74, 6) is 2.38. The third-order valence-electron chi connectivity index (χ3n) is 4.04. The van der Waals surface area contributed by atoms with Gasteiger partial charge in [-0.2, -0.15) is 0 Å². The molecule has 1 aliphatic heterocycles. The van der Waals surface area contributed by atoms with E-state index in [1.807, 2.05) is 12.1 Å². The summed E-state index contributed by atoms with van der Waals surface area (Å²) in [7, 11) is 1.71. The van der Waals surface area contributed by atoms with Crippen LogP contribution in [-0.4, -0.2) is 7.11 Å². The summed E-state index contributed by atoms with van der Waals surface area (Å²) < 4.78 is 11.4. The molecular formula is C16H14O2. The van der Waals surface area contributed by atoms with Crippen molar-refractivity contribution in [1.29, 1.82) is 0 Å². The lowest BCUT2D eigenvalue weighted by Crippen LogP contribution is -2.03. The van der Waals surface area contributed by atoms with Crippen molar-refractivity contribution in [2.75, 3.05) is 7.11 Å². The maximum absolute atomic E-state index is 6.10. The van der Waals surface area contributed by atoms with Crippen molar-refractivity contribution in [3.05, 3.63) is 59.2 Å². The first-order chi connectivity index (χ1) is 8.86. The summed E-state index contributed by atoms with van der Waals surface area (Å²) in [6.45, 7) is 0. The maximum Gasteiger partial charge on any atom is 0.131 e. The van der Waals surface area contributed by atoms with Crippen LogP contribution in [0.1, 0.15) is 28.7 Å². The molecule has 90 valence electrons. The van der Waals surface area contributed by atoms with Crippen molar-refractivity contribution in [1.82, 2.24) is 0 Å². The number of methoxy groups -OCH3 is 1. The maximum atomic E-state index is 6.10. The van der Waals surface area contributed by atoms with Crippen LogP contribution in [-0.2, 0) is 6.42 Å². The first-order valence-corrected chi connectivity index (χ1v) is 6.29. The number of hydrogen-bond donors (Lipinski definition) is 0. The summed E-state index contributed by atoms with van der Waals surface area (Å²) in [4.78, 5) is 0. The fourth-order valence-corrected chi connectivity index (χ4v) is 3.16. The fourth-order valence-electron chi connectivity index (χ4n) is 3.16. The molecule has 2 unspecified atom stereocenters. The molecule has 2 aromatic rings. The Labute approximate surface area is 106 Å². The summed E-state index contributed by atoms with van der Waals surface area (Å²) in [6, 6.07) is 14.7. The second-order valence-electron chi connectivity index (χ2n) is 4.95. The smallest absolute Gasteiger partial charge is 0.131 e. The summed E-state index contributed by atoms with van der Waals surface area (Å²) in [5.41, 5.74) is 4.05. The second-order valence-corrected chi connectivity index (χ2v) is 4.95. The highest BCUT2D eigenvalue weighted by Crippen LogP contribution is 2.53. The van der Waals surface area contributed by atoms with Crippen molar-refractivity contribution < 1.29 is 9.47 Å². The average Bonchev–Trinajstić information content (AvgIpc) is 2.94. The van der Waals surface area contributed by atoms with Gasteiger partial charge < -0.3 is 9.47 Å². The predicted octanol–water partition coefficient (Wildman–Crippen LogP) is 3.47. The quantitative estimate of drug-likeness (QED) is 0.757. The van der Waals surface area contributed by atoms with Gasteiger partial charge in [0.1, 0.15) is 17.6 Å². The van der Waals surface area contributed by atoms with Gasteiger partial charge >= 0.3 is 0 Å². The van der Waals surface area contributed by atoms with Gasteiger partial charge in [-0.05, 0) is 35.7 Å². The Kier molecular flexibility index (Phi) is 1.95. The van der Waals surface area contributed by atoms with Crippen molar-refractivity contribution in [2.45, 2.75) is 18.4 Å². The molecule has 1 heterocycles. The largest absolute Gasteiger partial charge is 0.497 e. The Hall–Kier alpha value is -1.96. The van der Waals surface area contributed by atoms with Crippen LogP contribution in [0.15, 0.2) is 42.5 Å². The number of rotatable bonds is 1. The van der Waals surface area contributed by atoms with Crippen LogP contribution in [0, 0.1) is 0 Å². The van der Waals surface area contributed by atoms with Crippen LogP contribution in [0.4, 0.5) is 0 Å². The van der Waals surface area contributed by atoms with Gasteiger partial charge in [0.2, 0.25) is 0 Å². The van der Waals surface area contributed by atoms with E-state index in [4.69, 9.17) is 9.47 Å². The molecule has 18 heavy (non-hydrogen) atoms. The highest BCUT2D eigenvalue weighted by atomic mass is 16.5. The predicted molar refractivity (Wildman–Crippen MR) is 69.3 cm³/mol. The third-order valence-corrected chi connectivity index (χ3v) is 4.04. The molecule has 2 nitrogen and oxygen atoms in total. The minimum atomic E-state index is 0.198. The molecule has 2 heteroatoms. The normalized spacial score (nSPS) is 22.9. The second kappa shape index (κ2) is 3.52. The van der Waals surface area contributed by atoms with Gasteiger partial charge in [-0.1, -0.05) is 24.3 Å². The zero-order valence-corrected chi connectivity index (χ0v) is 10.2. The molecule has 0 radical (unpaired) electrons. The minimum Gasteiger partial charge on any atom is -0.497 e. The lowest BCUT2D eigenvalue weighted by Gasteiger charge is -2.10. The number of fused-ring (bicyclic) bond motifs is 5. The van der Waals surface area contributed by atoms with Crippen molar-refractivity contribution in [3.8, 4) is 11.5 Å². The molecule has 0 fully saturated rings. The van der Waals surface area contributed by atoms with Crippen LogP contribution in [0.5, 0.6) is 11.5 Å². The van der Waals surface area contributed by atoms with Crippen LogP contribution in [0.3, 0.4) is 0 Å². The van der Waals surface area contributed by atoms with Crippen molar-refractivity contribution in [3.63, 3.8) is 0 Å². The van der Waals surface area contributed by atoms with Crippen LogP contribution in [0.25, 0.3) is 0 Å². The van der Waals surface area contributed by atoms with Gasteiger partial charge in [0.25, 0.3) is 0 Å². The van der Waals surface area contributed by atoms with Gasteiger partial charge in [0, 0.05) is 11.5 Å². The molecule has 2 atom stereocenters. The molecule has 0 saturated carbocycles. The highest BCUT2D eigenvalue weighted by molar-refractivity contribution is 5.52. The van der Waals surface area contributed by atoms with E-state index in [2.05, 4.69) is 30.3 Å². The van der Waals surface area contributed by atoms with E-state index in [1.165, 1.54) is 16.7 Å². The van der Waals surface area contributed by atoms with E-state index in [9.17, 15) is 0 Å². The van der Waals surface area contributed by atoms with Gasteiger partial charge in [-0.3, -0.25) is 0 Å². The first kappa shape index (κ1) is 10.0. The van der Waals surface area contributed by atoms with E-state index in [0.717, 1.165) is 17.9 Å². The Bertz CT molecular complexity index is 618. The number of ether oxygens (including phenoxy) is 2. The number of benzene rings is 2. The summed E-state index contributed by atoms with van der Waals surface area (Å²) >= 11 is 0. The molecule has 4 rings (SSSR count). The molecule has 2 aliphatic rings. The number of hydrogen-bond acceptors (Lipinski definition) is 2. The SMILES string of the molecule is COc1ccc2c(c1)C1Cc3ccccc3C1O2. The Morgan fingerprint density at radius 2 is 2.00 bits per heavy atom. The van der Waals surface area contributed by atoms with Gasteiger partial charge in [0.15, 0.2) is 0 Å².